The molecule has 0 spiro atoms. The van der Waals surface area contributed by atoms with E-state index in [9.17, 15) is 4.79 Å². The van der Waals surface area contributed by atoms with Crippen molar-refractivity contribution < 1.29 is 4.79 Å². The maximum atomic E-state index is 10.6. The summed E-state index contributed by atoms with van der Waals surface area (Å²) in [4.78, 5) is 15.5. The van der Waals surface area contributed by atoms with Gasteiger partial charge in [-0.3, -0.25) is 9.69 Å². The number of nitrogens with zero attached hydrogens (tertiary/aromatic N) is 2. The van der Waals surface area contributed by atoms with E-state index in [0.29, 0.717) is 6.04 Å². The van der Waals surface area contributed by atoms with Gasteiger partial charge in [0.2, 0.25) is 0 Å². The van der Waals surface area contributed by atoms with E-state index in [4.69, 9.17) is 0 Å². The minimum atomic E-state index is 0.435. The van der Waals surface area contributed by atoms with Gasteiger partial charge in [-0.05, 0) is 19.5 Å². The maximum absolute atomic E-state index is 10.6. The fourth-order valence-corrected chi connectivity index (χ4v) is 2.27. The van der Waals surface area contributed by atoms with Crippen LogP contribution in [0.1, 0.15) is 28.9 Å². The number of likely N-dealkylation sites (N-methyl/N-ethyl adjacent to an activating group) is 1. The van der Waals surface area contributed by atoms with Crippen LogP contribution in [-0.2, 0) is 0 Å². The van der Waals surface area contributed by atoms with Crippen LogP contribution in [0.25, 0.3) is 0 Å². The molecule has 1 atom stereocenters. The summed E-state index contributed by atoms with van der Waals surface area (Å²) in [5.41, 5.74) is 2.04. The molecule has 3 heteroatoms. The number of piperazine rings is 1. The van der Waals surface area contributed by atoms with Gasteiger partial charge in [0.15, 0.2) is 0 Å². The summed E-state index contributed by atoms with van der Waals surface area (Å²) in [6.07, 6.45) is 0.893. The molecule has 1 aromatic rings. The number of carbonyl (C=O) groups is 1. The summed E-state index contributed by atoms with van der Waals surface area (Å²) in [5.74, 6) is 0. The Balaban J connectivity index is 2.03. The molecule has 1 saturated heterocycles. The number of rotatable bonds is 3. The van der Waals surface area contributed by atoms with Gasteiger partial charge in [0, 0.05) is 37.8 Å². The van der Waals surface area contributed by atoms with Gasteiger partial charge in [0.25, 0.3) is 0 Å². The summed E-state index contributed by atoms with van der Waals surface area (Å²) in [6, 6.07) is 8.35. The molecular weight excluding hydrogens is 212 g/mol. The largest absolute Gasteiger partial charge is 0.304 e. The Morgan fingerprint density at radius 1 is 1.12 bits per heavy atom. The first-order valence-corrected chi connectivity index (χ1v) is 6.18. The lowest BCUT2D eigenvalue weighted by Crippen LogP contribution is -2.45. The molecule has 92 valence electrons. The van der Waals surface area contributed by atoms with Crippen LogP contribution in [0.2, 0.25) is 0 Å². The molecule has 0 radical (unpaired) electrons. The molecule has 17 heavy (non-hydrogen) atoms. The molecule has 0 aromatic heterocycles. The van der Waals surface area contributed by atoms with Crippen molar-refractivity contribution >= 4 is 6.29 Å². The third-order valence-corrected chi connectivity index (χ3v) is 3.64. The molecule has 1 unspecified atom stereocenters. The van der Waals surface area contributed by atoms with Crippen LogP contribution in [0.5, 0.6) is 0 Å². The molecule has 0 aliphatic carbocycles. The third-order valence-electron chi connectivity index (χ3n) is 3.64. The predicted octanol–water partition coefficient (Wildman–Crippen LogP) is 1.81. The average molecular weight is 232 g/mol. The van der Waals surface area contributed by atoms with Gasteiger partial charge in [-0.15, -0.1) is 0 Å². The summed E-state index contributed by atoms with van der Waals surface area (Å²) in [6.45, 7) is 6.74. The number of hydrogen-bond acceptors (Lipinski definition) is 3. The molecule has 0 amide bonds. The Bertz CT molecular complexity index is 366. The minimum absolute atomic E-state index is 0.435. The molecule has 0 N–H and O–H groups in total. The van der Waals surface area contributed by atoms with Gasteiger partial charge in [-0.2, -0.15) is 0 Å². The van der Waals surface area contributed by atoms with Gasteiger partial charge in [-0.25, -0.2) is 0 Å². The first kappa shape index (κ1) is 12.3. The fourth-order valence-electron chi connectivity index (χ4n) is 2.27. The highest BCUT2D eigenvalue weighted by atomic mass is 16.1. The van der Waals surface area contributed by atoms with Crippen LogP contribution in [0, 0.1) is 0 Å². The molecule has 1 fully saturated rings. The SMILES string of the molecule is CC(c1ccc(C=O)cc1)N1CCN(C)CC1. The van der Waals surface area contributed by atoms with Crippen molar-refractivity contribution in [3.8, 4) is 0 Å². The van der Waals surface area contributed by atoms with Crippen molar-refractivity contribution in [3.63, 3.8) is 0 Å². The van der Waals surface area contributed by atoms with Crippen LogP contribution in [0.4, 0.5) is 0 Å². The first-order valence-electron chi connectivity index (χ1n) is 6.18. The predicted molar refractivity (Wildman–Crippen MR) is 69.3 cm³/mol. The van der Waals surface area contributed by atoms with Crippen molar-refractivity contribution in [1.29, 1.82) is 0 Å². The number of carbonyl (C=O) groups excluding carboxylic acids is 1. The lowest BCUT2D eigenvalue weighted by molar-refractivity contribution is 0.112. The van der Waals surface area contributed by atoms with E-state index >= 15 is 0 Å². The second-order valence-electron chi connectivity index (χ2n) is 4.80. The Kier molecular flexibility index (Phi) is 3.92. The highest BCUT2D eigenvalue weighted by Crippen LogP contribution is 2.21. The fraction of sp³-hybridized carbons (Fsp3) is 0.500. The zero-order valence-electron chi connectivity index (χ0n) is 10.6. The zero-order valence-corrected chi connectivity index (χ0v) is 10.6. The Hall–Kier alpha value is -1.19. The standard InChI is InChI=1S/C14H20N2O/c1-12(16-9-7-15(2)8-10-16)14-5-3-13(11-17)4-6-14/h3-6,11-12H,7-10H2,1-2H3. The quantitative estimate of drug-likeness (QED) is 0.743. The summed E-state index contributed by atoms with van der Waals surface area (Å²) >= 11 is 0. The molecule has 0 saturated carbocycles. The van der Waals surface area contributed by atoms with E-state index in [0.717, 1.165) is 38.0 Å². The second kappa shape index (κ2) is 5.43. The molecule has 1 aromatic carbocycles. The Morgan fingerprint density at radius 2 is 1.71 bits per heavy atom. The van der Waals surface area contributed by atoms with Crippen LogP contribution < -0.4 is 0 Å². The molecule has 3 nitrogen and oxygen atoms in total. The van der Waals surface area contributed by atoms with Gasteiger partial charge in [0.05, 0.1) is 0 Å². The summed E-state index contributed by atoms with van der Waals surface area (Å²) < 4.78 is 0. The Morgan fingerprint density at radius 3 is 2.24 bits per heavy atom. The van der Waals surface area contributed by atoms with Crippen LogP contribution in [-0.4, -0.2) is 49.3 Å². The van der Waals surface area contributed by atoms with Crippen LogP contribution >= 0.6 is 0 Å². The van der Waals surface area contributed by atoms with Crippen molar-refractivity contribution in [3.05, 3.63) is 35.4 Å². The van der Waals surface area contributed by atoms with Crippen molar-refractivity contribution in [1.82, 2.24) is 9.80 Å². The smallest absolute Gasteiger partial charge is 0.150 e. The molecule has 1 aliphatic heterocycles. The molecule has 1 aliphatic rings. The van der Waals surface area contributed by atoms with Gasteiger partial charge < -0.3 is 4.90 Å². The molecule has 0 bridgehead atoms. The van der Waals surface area contributed by atoms with Crippen molar-refractivity contribution in [2.45, 2.75) is 13.0 Å². The topological polar surface area (TPSA) is 23.6 Å². The summed E-state index contributed by atoms with van der Waals surface area (Å²) in [5, 5.41) is 0. The van der Waals surface area contributed by atoms with Crippen LogP contribution in [0.15, 0.2) is 24.3 Å². The van der Waals surface area contributed by atoms with Crippen molar-refractivity contribution in [2.75, 3.05) is 33.2 Å². The van der Waals surface area contributed by atoms with Crippen LogP contribution in [0.3, 0.4) is 0 Å². The normalized spacial score (nSPS) is 20.1. The van der Waals surface area contributed by atoms with Gasteiger partial charge in [-0.1, -0.05) is 24.3 Å². The molecule has 2 rings (SSSR count). The number of benzene rings is 1. The van der Waals surface area contributed by atoms with E-state index in [1.54, 1.807) is 0 Å². The second-order valence-corrected chi connectivity index (χ2v) is 4.80. The Labute approximate surface area is 103 Å². The highest BCUT2D eigenvalue weighted by molar-refractivity contribution is 5.74. The summed E-state index contributed by atoms with van der Waals surface area (Å²) in [7, 11) is 2.17. The molecule has 1 heterocycles. The lowest BCUT2D eigenvalue weighted by atomic mass is 10.0. The maximum Gasteiger partial charge on any atom is 0.150 e. The van der Waals surface area contributed by atoms with E-state index in [2.05, 4.69) is 35.9 Å². The van der Waals surface area contributed by atoms with Crippen molar-refractivity contribution in [2.24, 2.45) is 0 Å². The van der Waals surface area contributed by atoms with Gasteiger partial charge in [0.1, 0.15) is 6.29 Å². The molecular formula is C14H20N2O. The monoisotopic (exact) mass is 232 g/mol. The van der Waals surface area contributed by atoms with E-state index in [-0.39, 0.29) is 0 Å². The highest BCUT2D eigenvalue weighted by Gasteiger charge is 2.19. The first-order chi connectivity index (χ1) is 8.20. The third kappa shape index (κ3) is 2.93. The van der Waals surface area contributed by atoms with E-state index < -0.39 is 0 Å². The number of hydrogen-bond donors (Lipinski definition) is 0. The minimum Gasteiger partial charge on any atom is -0.304 e. The lowest BCUT2D eigenvalue weighted by Gasteiger charge is -2.36. The van der Waals surface area contributed by atoms with Gasteiger partial charge >= 0.3 is 0 Å². The van der Waals surface area contributed by atoms with E-state index in [1.165, 1.54) is 5.56 Å². The number of aldehydes is 1. The zero-order chi connectivity index (χ0) is 12.3. The van der Waals surface area contributed by atoms with E-state index in [1.807, 2.05) is 12.1 Å². The average Bonchev–Trinajstić information content (AvgIpc) is 2.39.